The van der Waals surface area contributed by atoms with E-state index in [4.69, 9.17) is 4.52 Å². The van der Waals surface area contributed by atoms with Crippen molar-refractivity contribution in [3.8, 4) is 0 Å². The molecule has 23 heavy (non-hydrogen) atoms. The van der Waals surface area contributed by atoms with Crippen LogP contribution in [0.15, 0.2) is 22.7 Å². The first-order valence-corrected chi connectivity index (χ1v) is 7.82. The predicted octanol–water partition coefficient (Wildman–Crippen LogP) is 2.98. The van der Waals surface area contributed by atoms with Crippen molar-refractivity contribution < 1.29 is 9.32 Å². The van der Waals surface area contributed by atoms with E-state index in [1.54, 1.807) is 0 Å². The molecular formula is C17H18N4O2. The van der Waals surface area contributed by atoms with Gasteiger partial charge >= 0.3 is 0 Å². The SMILES string of the molecule is Cc1[nH]c2c(C(=O)NCc3noc(C4CC4)n3)cccc2c1C. The van der Waals surface area contributed by atoms with Crippen LogP contribution in [0.4, 0.5) is 0 Å². The minimum atomic E-state index is -0.144. The summed E-state index contributed by atoms with van der Waals surface area (Å²) in [6, 6.07) is 5.74. The van der Waals surface area contributed by atoms with Gasteiger partial charge in [-0.05, 0) is 38.3 Å². The van der Waals surface area contributed by atoms with Gasteiger partial charge in [-0.3, -0.25) is 4.79 Å². The van der Waals surface area contributed by atoms with Crippen molar-refractivity contribution in [3.05, 3.63) is 46.7 Å². The van der Waals surface area contributed by atoms with Gasteiger partial charge in [-0.25, -0.2) is 0 Å². The summed E-state index contributed by atoms with van der Waals surface area (Å²) in [5.74, 6) is 1.48. The molecule has 4 rings (SSSR count). The summed E-state index contributed by atoms with van der Waals surface area (Å²) >= 11 is 0. The Kier molecular flexibility index (Phi) is 3.18. The van der Waals surface area contributed by atoms with Crippen LogP contribution in [-0.4, -0.2) is 21.0 Å². The second-order valence-corrected chi connectivity index (χ2v) is 6.11. The lowest BCUT2D eigenvalue weighted by Gasteiger charge is -2.04. The van der Waals surface area contributed by atoms with E-state index in [1.807, 2.05) is 25.1 Å². The van der Waals surface area contributed by atoms with Gasteiger partial charge in [0.2, 0.25) is 5.89 Å². The Labute approximate surface area is 133 Å². The summed E-state index contributed by atoms with van der Waals surface area (Å²) in [5.41, 5.74) is 3.74. The fraction of sp³-hybridized carbons (Fsp3) is 0.353. The maximum atomic E-state index is 12.5. The third-order valence-electron chi connectivity index (χ3n) is 4.41. The van der Waals surface area contributed by atoms with E-state index in [1.165, 1.54) is 5.56 Å². The summed E-state index contributed by atoms with van der Waals surface area (Å²) in [7, 11) is 0. The van der Waals surface area contributed by atoms with Crippen LogP contribution in [0, 0.1) is 13.8 Å². The zero-order valence-electron chi connectivity index (χ0n) is 13.1. The number of para-hydroxylation sites is 1. The molecule has 0 bridgehead atoms. The number of aromatic nitrogens is 3. The van der Waals surface area contributed by atoms with E-state index >= 15 is 0 Å². The van der Waals surface area contributed by atoms with E-state index in [0.717, 1.165) is 29.4 Å². The molecule has 0 atom stereocenters. The highest BCUT2D eigenvalue weighted by molar-refractivity contribution is 6.06. The van der Waals surface area contributed by atoms with Gasteiger partial charge in [-0.15, -0.1) is 0 Å². The largest absolute Gasteiger partial charge is 0.358 e. The van der Waals surface area contributed by atoms with Crippen LogP contribution in [-0.2, 0) is 6.54 Å². The zero-order valence-corrected chi connectivity index (χ0v) is 13.1. The second kappa shape index (κ2) is 5.22. The standard InChI is InChI=1S/C17H18N4O2/c1-9-10(2)19-15-12(9)4-3-5-13(15)16(22)18-8-14-20-17(23-21-14)11-6-7-11/h3-5,11,19H,6-8H2,1-2H3,(H,18,22). The molecule has 2 aromatic heterocycles. The summed E-state index contributed by atoms with van der Waals surface area (Å²) in [6.45, 7) is 4.33. The Balaban J connectivity index is 1.53. The average Bonchev–Trinajstić information content (AvgIpc) is 3.23. The topological polar surface area (TPSA) is 83.8 Å². The number of hydrogen-bond donors (Lipinski definition) is 2. The normalized spacial score (nSPS) is 14.3. The molecule has 1 aliphatic carbocycles. The van der Waals surface area contributed by atoms with Crippen molar-refractivity contribution in [2.45, 2.75) is 39.2 Å². The van der Waals surface area contributed by atoms with E-state index in [9.17, 15) is 4.79 Å². The minimum absolute atomic E-state index is 0.144. The van der Waals surface area contributed by atoms with Crippen molar-refractivity contribution in [3.63, 3.8) is 0 Å². The van der Waals surface area contributed by atoms with Crippen LogP contribution >= 0.6 is 0 Å². The number of amides is 1. The molecule has 1 aliphatic rings. The molecule has 1 aromatic carbocycles. The Morgan fingerprint density at radius 3 is 3.00 bits per heavy atom. The molecule has 6 heteroatoms. The van der Waals surface area contributed by atoms with E-state index in [0.29, 0.717) is 23.2 Å². The Bertz CT molecular complexity index is 889. The summed E-state index contributed by atoms with van der Waals surface area (Å²) in [4.78, 5) is 20.1. The number of aryl methyl sites for hydroxylation is 2. The highest BCUT2D eigenvalue weighted by Gasteiger charge is 2.29. The molecule has 3 aromatic rings. The molecule has 6 nitrogen and oxygen atoms in total. The number of carbonyl (C=O) groups is 1. The fourth-order valence-electron chi connectivity index (χ4n) is 2.76. The monoisotopic (exact) mass is 310 g/mol. The number of benzene rings is 1. The second-order valence-electron chi connectivity index (χ2n) is 6.11. The Morgan fingerprint density at radius 2 is 2.22 bits per heavy atom. The molecule has 1 amide bonds. The van der Waals surface area contributed by atoms with Gasteiger partial charge in [0.25, 0.3) is 5.91 Å². The minimum Gasteiger partial charge on any atom is -0.358 e. The number of H-pyrrole nitrogens is 1. The van der Waals surface area contributed by atoms with Gasteiger partial charge in [0.05, 0.1) is 17.6 Å². The van der Waals surface area contributed by atoms with Crippen LogP contribution in [0.25, 0.3) is 10.9 Å². The number of hydrogen-bond acceptors (Lipinski definition) is 4. The van der Waals surface area contributed by atoms with Crippen LogP contribution in [0.3, 0.4) is 0 Å². The summed E-state index contributed by atoms with van der Waals surface area (Å²) < 4.78 is 5.20. The average molecular weight is 310 g/mol. The van der Waals surface area contributed by atoms with Crippen molar-refractivity contribution in [2.75, 3.05) is 0 Å². The smallest absolute Gasteiger partial charge is 0.253 e. The number of nitrogens with one attached hydrogen (secondary N) is 2. The van der Waals surface area contributed by atoms with Gasteiger partial charge in [0, 0.05) is 17.0 Å². The van der Waals surface area contributed by atoms with Gasteiger partial charge < -0.3 is 14.8 Å². The first kappa shape index (κ1) is 14.0. The number of nitrogens with zero attached hydrogens (tertiary/aromatic N) is 2. The molecule has 0 saturated heterocycles. The van der Waals surface area contributed by atoms with Crippen LogP contribution in [0.1, 0.15) is 52.1 Å². The molecule has 1 saturated carbocycles. The van der Waals surface area contributed by atoms with Crippen molar-refractivity contribution in [1.29, 1.82) is 0 Å². The number of aromatic amines is 1. The van der Waals surface area contributed by atoms with Crippen molar-refractivity contribution in [1.82, 2.24) is 20.4 Å². The first-order valence-electron chi connectivity index (χ1n) is 7.82. The molecule has 0 unspecified atom stereocenters. The van der Waals surface area contributed by atoms with Crippen LogP contribution < -0.4 is 5.32 Å². The maximum Gasteiger partial charge on any atom is 0.253 e. The lowest BCUT2D eigenvalue weighted by atomic mass is 10.1. The molecule has 2 N–H and O–H groups in total. The summed E-state index contributed by atoms with van der Waals surface area (Å²) in [5, 5.41) is 7.85. The lowest BCUT2D eigenvalue weighted by Crippen LogP contribution is -2.23. The van der Waals surface area contributed by atoms with Crippen LogP contribution in [0.5, 0.6) is 0 Å². The molecular weight excluding hydrogens is 292 g/mol. The molecule has 0 radical (unpaired) electrons. The van der Waals surface area contributed by atoms with Gasteiger partial charge in [0.15, 0.2) is 5.82 Å². The molecule has 0 aliphatic heterocycles. The van der Waals surface area contributed by atoms with Crippen molar-refractivity contribution >= 4 is 16.8 Å². The van der Waals surface area contributed by atoms with Gasteiger partial charge in [-0.1, -0.05) is 17.3 Å². The number of carbonyl (C=O) groups excluding carboxylic acids is 1. The fourth-order valence-corrected chi connectivity index (χ4v) is 2.76. The highest BCUT2D eigenvalue weighted by atomic mass is 16.5. The zero-order chi connectivity index (χ0) is 16.0. The quantitative estimate of drug-likeness (QED) is 0.776. The molecule has 1 fully saturated rings. The van der Waals surface area contributed by atoms with Gasteiger partial charge in [0.1, 0.15) is 0 Å². The lowest BCUT2D eigenvalue weighted by molar-refractivity contribution is 0.0951. The maximum absolute atomic E-state index is 12.5. The third kappa shape index (κ3) is 2.50. The van der Waals surface area contributed by atoms with Gasteiger partial charge in [-0.2, -0.15) is 4.98 Å². The van der Waals surface area contributed by atoms with Crippen LogP contribution in [0.2, 0.25) is 0 Å². The Hall–Kier alpha value is -2.63. The third-order valence-corrected chi connectivity index (χ3v) is 4.41. The number of fused-ring (bicyclic) bond motifs is 1. The van der Waals surface area contributed by atoms with E-state index in [-0.39, 0.29) is 12.5 Å². The predicted molar refractivity (Wildman–Crippen MR) is 85.2 cm³/mol. The highest BCUT2D eigenvalue weighted by Crippen LogP contribution is 2.38. The molecule has 2 heterocycles. The first-order chi connectivity index (χ1) is 11.1. The van der Waals surface area contributed by atoms with E-state index < -0.39 is 0 Å². The van der Waals surface area contributed by atoms with Crippen molar-refractivity contribution in [2.24, 2.45) is 0 Å². The molecule has 0 spiro atoms. The van der Waals surface area contributed by atoms with E-state index in [2.05, 4.69) is 27.4 Å². The summed E-state index contributed by atoms with van der Waals surface area (Å²) in [6.07, 6.45) is 2.23. The molecule has 118 valence electrons. The Morgan fingerprint density at radius 1 is 1.39 bits per heavy atom. The number of rotatable bonds is 4.